The quantitative estimate of drug-likeness (QED) is 0.462. The highest BCUT2D eigenvalue weighted by molar-refractivity contribution is 5.78. The number of likely N-dealkylation sites (N-methyl/N-ethyl adjacent to an activating group) is 1. The van der Waals surface area contributed by atoms with E-state index in [2.05, 4.69) is 16.9 Å². The Balaban J connectivity index is 4.02. The van der Waals surface area contributed by atoms with E-state index >= 15 is 0 Å². The Kier molecular flexibility index (Phi) is 4.29. The summed E-state index contributed by atoms with van der Waals surface area (Å²) < 4.78 is 0. The van der Waals surface area contributed by atoms with Gasteiger partial charge in [-0.15, -0.1) is 0 Å². The van der Waals surface area contributed by atoms with E-state index in [1.54, 1.807) is 13.3 Å². The van der Waals surface area contributed by atoms with Gasteiger partial charge in [-0.3, -0.25) is 4.99 Å². The van der Waals surface area contributed by atoms with E-state index in [0.717, 1.165) is 11.3 Å². The van der Waals surface area contributed by atoms with Crippen LogP contribution in [0.15, 0.2) is 28.9 Å². The second-order valence-electron chi connectivity index (χ2n) is 2.05. The molecule has 0 rings (SSSR count). The predicted molar refractivity (Wildman–Crippen MR) is 46.4 cm³/mol. The van der Waals surface area contributed by atoms with E-state index in [1.807, 2.05) is 20.0 Å². The molecule has 0 radical (unpaired) electrons. The number of hydrogen-bond donors (Lipinski definition) is 1. The highest BCUT2D eigenvalue weighted by Crippen LogP contribution is 1.92. The Morgan fingerprint density at radius 2 is 2.20 bits per heavy atom. The van der Waals surface area contributed by atoms with Gasteiger partial charge in [-0.2, -0.15) is 0 Å². The van der Waals surface area contributed by atoms with E-state index in [0.29, 0.717) is 0 Å². The predicted octanol–water partition coefficient (Wildman–Crippen LogP) is 1.37. The number of rotatable bonds is 3. The van der Waals surface area contributed by atoms with Crippen LogP contribution in [-0.4, -0.2) is 20.3 Å². The maximum absolute atomic E-state index is 3.86. The smallest absolute Gasteiger partial charge is 0.0277 e. The van der Waals surface area contributed by atoms with Crippen molar-refractivity contribution in [1.82, 2.24) is 5.32 Å². The minimum Gasteiger partial charge on any atom is -0.389 e. The average molecular weight is 138 g/mol. The van der Waals surface area contributed by atoms with Gasteiger partial charge in [0.25, 0.3) is 0 Å². The highest BCUT2D eigenvalue weighted by atomic mass is 14.8. The van der Waals surface area contributed by atoms with Gasteiger partial charge in [-0.25, -0.2) is 0 Å². The van der Waals surface area contributed by atoms with Gasteiger partial charge in [0.05, 0.1) is 0 Å². The lowest BCUT2D eigenvalue weighted by Gasteiger charge is -1.96. The Morgan fingerprint density at radius 3 is 2.60 bits per heavy atom. The molecule has 1 N–H and O–H groups in total. The van der Waals surface area contributed by atoms with Crippen LogP contribution in [0.3, 0.4) is 0 Å². The van der Waals surface area contributed by atoms with Crippen molar-refractivity contribution < 1.29 is 0 Å². The van der Waals surface area contributed by atoms with Crippen molar-refractivity contribution >= 4 is 6.21 Å². The zero-order valence-corrected chi connectivity index (χ0v) is 6.81. The van der Waals surface area contributed by atoms with Crippen molar-refractivity contribution in [3.8, 4) is 0 Å². The van der Waals surface area contributed by atoms with Crippen molar-refractivity contribution in [2.75, 3.05) is 14.1 Å². The maximum atomic E-state index is 3.86. The zero-order valence-electron chi connectivity index (χ0n) is 6.81. The fourth-order valence-corrected chi connectivity index (χ4v) is 0.588. The molecule has 0 aromatic heterocycles. The number of allylic oxidation sites excluding steroid dienone is 2. The van der Waals surface area contributed by atoms with Crippen molar-refractivity contribution in [1.29, 1.82) is 0 Å². The van der Waals surface area contributed by atoms with Gasteiger partial charge in [0.15, 0.2) is 0 Å². The summed E-state index contributed by atoms with van der Waals surface area (Å²) in [6.45, 7) is 5.73. The molecule has 0 aromatic carbocycles. The molecular weight excluding hydrogens is 124 g/mol. The van der Waals surface area contributed by atoms with Crippen molar-refractivity contribution in [3.63, 3.8) is 0 Å². The molecule has 2 heteroatoms. The second-order valence-corrected chi connectivity index (χ2v) is 2.05. The van der Waals surface area contributed by atoms with E-state index < -0.39 is 0 Å². The Labute approximate surface area is 62.4 Å². The van der Waals surface area contributed by atoms with E-state index in [4.69, 9.17) is 0 Å². The fraction of sp³-hybridized carbons (Fsp3) is 0.375. The van der Waals surface area contributed by atoms with Gasteiger partial charge < -0.3 is 5.32 Å². The largest absolute Gasteiger partial charge is 0.389 e. The van der Waals surface area contributed by atoms with Crippen LogP contribution in [-0.2, 0) is 0 Å². The third-order valence-corrected chi connectivity index (χ3v) is 1.06. The van der Waals surface area contributed by atoms with E-state index in [-0.39, 0.29) is 0 Å². The van der Waals surface area contributed by atoms with Gasteiger partial charge in [0, 0.05) is 26.0 Å². The van der Waals surface area contributed by atoms with Crippen LogP contribution < -0.4 is 5.32 Å². The first kappa shape index (κ1) is 8.95. The summed E-state index contributed by atoms with van der Waals surface area (Å²) in [4.78, 5) is 3.86. The SMILES string of the molecule is C=C(/C=C(C)\C=N/C)NC. The van der Waals surface area contributed by atoms with Gasteiger partial charge in [0.2, 0.25) is 0 Å². The van der Waals surface area contributed by atoms with Crippen LogP contribution in [0.1, 0.15) is 6.92 Å². The maximum Gasteiger partial charge on any atom is 0.0277 e. The standard InChI is InChI=1S/C8H14N2/c1-7(6-9-3)5-8(2)10-4/h5-6,10H,2H2,1,3-4H3/b7-5-,9-6-. The summed E-state index contributed by atoms with van der Waals surface area (Å²) in [6.07, 6.45) is 3.73. The normalized spacial score (nSPS) is 12.1. The monoisotopic (exact) mass is 138 g/mol. The number of aliphatic imine (C=N–C) groups is 1. The summed E-state index contributed by atoms with van der Waals surface area (Å²) in [5.41, 5.74) is 2.00. The summed E-state index contributed by atoms with van der Waals surface area (Å²) in [5.74, 6) is 0. The zero-order chi connectivity index (χ0) is 7.98. The first-order valence-electron chi connectivity index (χ1n) is 3.17. The van der Waals surface area contributed by atoms with Gasteiger partial charge in [-0.05, 0) is 18.6 Å². The Bertz CT molecular complexity index is 166. The molecule has 0 aliphatic heterocycles. The van der Waals surface area contributed by atoms with Gasteiger partial charge in [-0.1, -0.05) is 6.58 Å². The van der Waals surface area contributed by atoms with Crippen molar-refractivity contribution in [2.45, 2.75) is 6.92 Å². The molecule has 0 amide bonds. The van der Waals surface area contributed by atoms with Crippen LogP contribution in [0.25, 0.3) is 0 Å². The Morgan fingerprint density at radius 1 is 1.60 bits per heavy atom. The van der Waals surface area contributed by atoms with E-state index in [1.165, 1.54) is 0 Å². The van der Waals surface area contributed by atoms with Gasteiger partial charge >= 0.3 is 0 Å². The molecule has 0 atom stereocenters. The molecule has 0 bridgehead atoms. The van der Waals surface area contributed by atoms with Crippen LogP contribution in [0, 0.1) is 0 Å². The average Bonchev–Trinajstić information content (AvgIpc) is 1.88. The van der Waals surface area contributed by atoms with Crippen molar-refractivity contribution in [3.05, 3.63) is 23.9 Å². The van der Waals surface area contributed by atoms with E-state index in [9.17, 15) is 0 Å². The summed E-state index contributed by atoms with van der Waals surface area (Å²) in [5, 5.41) is 2.92. The molecule has 0 saturated heterocycles. The first-order chi connectivity index (χ1) is 4.70. The number of nitrogens with one attached hydrogen (secondary N) is 1. The third-order valence-electron chi connectivity index (χ3n) is 1.06. The molecule has 0 fully saturated rings. The molecule has 2 nitrogen and oxygen atoms in total. The van der Waals surface area contributed by atoms with Gasteiger partial charge in [0.1, 0.15) is 0 Å². The molecular formula is C8H14N2. The molecule has 0 spiro atoms. The molecule has 10 heavy (non-hydrogen) atoms. The summed E-state index contributed by atoms with van der Waals surface area (Å²) in [7, 11) is 3.59. The Hall–Kier alpha value is -1.05. The lowest BCUT2D eigenvalue weighted by molar-refractivity contribution is 1.04. The summed E-state index contributed by atoms with van der Waals surface area (Å²) >= 11 is 0. The molecule has 0 saturated carbocycles. The molecule has 0 unspecified atom stereocenters. The van der Waals surface area contributed by atoms with Crippen LogP contribution >= 0.6 is 0 Å². The molecule has 0 aliphatic rings. The first-order valence-corrected chi connectivity index (χ1v) is 3.17. The topological polar surface area (TPSA) is 24.4 Å². The van der Waals surface area contributed by atoms with Crippen LogP contribution in [0.4, 0.5) is 0 Å². The highest BCUT2D eigenvalue weighted by Gasteiger charge is 1.83. The lowest BCUT2D eigenvalue weighted by Crippen LogP contribution is -2.01. The minimum absolute atomic E-state index is 0.900. The summed E-state index contributed by atoms with van der Waals surface area (Å²) in [6, 6.07) is 0. The minimum atomic E-state index is 0.900. The second kappa shape index (κ2) is 4.79. The lowest BCUT2D eigenvalue weighted by atomic mass is 10.3. The number of nitrogens with zero attached hydrogens (tertiary/aromatic N) is 1. The number of hydrogen-bond acceptors (Lipinski definition) is 2. The van der Waals surface area contributed by atoms with Crippen LogP contribution in [0.2, 0.25) is 0 Å². The molecule has 0 aromatic rings. The molecule has 0 aliphatic carbocycles. The molecule has 0 heterocycles. The van der Waals surface area contributed by atoms with Crippen molar-refractivity contribution in [2.24, 2.45) is 4.99 Å². The fourth-order valence-electron chi connectivity index (χ4n) is 0.588. The third kappa shape index (κ3) is 3.89. The molecule has 56 valence electrons. The van der Waals surface area contributed by atoms with Crippen LogP contribution in [0.5, 0.6) is 0 Å².